The van der Waals surface area contributed by atoms with Crippen LogP contribution < -0.4 is 27.4 Å². The minimum atomic E-state index is -0.883. The number of carbonyl (C=O) groups excluding carboxylic acids is 1. The molecule has 1 amide bonds. The van der Waals surface area contributed by atoms with Crippen molar-refractivity contribution in [2.75, 3.05) is 20.2 Å². The first-order chi connectivity index (χ1) is 17.2. The van der Waals surface area contributed by atoms with Crippen LogP contribution >= 0.6 is 0 Å². The molecule has 1 aliphatic carbocycles. The van der Waals surface area contributed by atoms with Crippen molar-refractivity contribution >= 4 is 5.91 Å². The molecule has 1 heterocycles. The van der Waals surface area contributed by atoms with Crippen LogP contribution in [0.1, 0.15) is 32.3 Å². The fourth-order valence-corrected chi connectivity index (χ4v) is 3.97. The summed E-state index contributed by atoms with van der Waals surface area (Å²) in [5.74, 6) is 4.11. The van der Waals surface area contributed by atoms with E-state index in [2.05, 4.69) is 22.5 Å². The number of ether oxygens (including phenoxy) is 1. The second-order valence-corrected chi connectivity index (χ2v) is 8.82. The predicted molar refractivity (Wildman–Crippen MR) is 135 cm³/mol. The molecule has 0 aromatic heterocycles. The zero-order valence-electron chi connectivity index (χ0n) is 20.9. The van der Waals surface area contributed by atoms with Gasteiger partial charge in [0.05, 0.1) is 13.7 Å². The second-order valence-electron chi connectivity index (χ2n) is 8.82. The molecule has 194 valence electrons. The van der Waals surface area contributed by atoms with Crippen LogP contribution in [0.3, 0.4) is 0 Å². The van der Waals surface area contributed by atoms with E-state index in [4.69, 9.17) is 22.0 Å². The van der Waals surface area contributed by atoms with Crippen molar-refractivity contribution in [1.82, 2.24) is 15.2 Å². The number of hydrogen-bond acceptors (Lipinski definition) is 7. The first kappa shape index (κ1) is 27.0. The standard InChI is InChI=1S/C26H34F2N6O2/c1-4-23-18(10-29)9-19(17-5-6-17)14-33(23)12-16(2)13-34(31)15-22(30)26(35)32-11-20-21(27)7-8-24(36-3)25(20)28/h4,7-9,12,14-15,17H,5-6,10-11,13,29-31H2,1-3H3,(H,32,35)/b16-12+,22-15-,23-4+. The summed E-state index contributed by atoms with van der Waals surface area (Å²) in [6, 6.07) is 2.24. The van der Waals surface area contributed by atoms with Gasteiger partial charge in [0.1, 0.15) is 11.5 Å². The van der Waals surface area contributed by atoms with Crippen LogP contribution in [0.4, 0.5) is 8.78 Å². The third-order valence-electron chi connectivity index (χ3n) is 5.93. The first-order valence-electron chi connectivity index (χ1n) is 11.7. The Balaban J connectivity index is 1.64. The van der Waals surface area contributed by atoms with Gasteiger partial charge in [-0.05, 0) is 61.5 Å². The summed E-state index contributed by atoms with van der Waals surface area (Å²) in [5, 5.41) is 3.67. The van der Waals surface area contributed by atoms with Gasteiger partial charge < -0.3 is 31.4 Å². The van der Waals surface area contributed by atoms with Gasteiger partial charge in [-0.15, -0.1) is 0 Å². The van der Waals surface area contributed by atoms with E-state index in [-0.39, 0.29) is 23.6 Å². The van der Waals surface area contributed by atoms with Crippen LogP contribution in [-0.2, 0) is 11.3 Å². The summed E-state index contributed by atoms with van der Waals surface area (Å²) in [6.07, 6.45) is 11.9. The molecule has 10 heteroatoms. The highest BCUT2D eigenvalue weighted by molar-refractivity contribution is 5.92. The van der Waals surface area contributed by atoms with Crippen molar-refractivity contribution in [2.24, 2.45) is 23.2 Å². The molecule has 2 aliphatic rings. The number of halogens is 2. The maximum atomic E-state index is 14.3. The minimum Gasteiger partial charge on any atom is -0.494 e. The Morgan fingerprint density at radius 3 is 2.67 bits per heavy atom. The lowest BCUT2D eigenvalue weighted by Crippen LogP contribution is -2.34. The molecule has 0 radical (unpaired) electrons. The Morgan fingerprint density at radius 1 is 1.33 bits per heavy atom. The molecule has 1 aliphatic heterocycles. The van der Waals surface area contributed by atoms with Crippen molar-refractivity contribution in [2.45, 2.75) is 33.2 Å². The average molecular weight is 501 g/mol. The van der Waals surface area contributed by atoms with E-state index in [0.717, 1.165) is 22.9 Å². The van der Waals surface area contributed by atoms with Crippen LogP contribution in [0.2, 0.25) is 0 Å². The Bertz CT molecular complexity index is 1150. The number of nitrogens with zero attached hydrogens (tertiary/aromatic N) is 2. The number of hydrazine groups is 1. The molecule has 8 nitrogen and oxygen atoms in total. The third-order valence-corrected chi connectivity index (χ3v) is 5.93. The van der Waals surface area contributed by atoms with Crippen LogP contribution in [-0.4, -0.2) is 36.0 Å². The molecule has 0 spiro atoms. The quantitative estimate of drug-likeness (QED) is 0.221. The molecule has 1 aromatic carbocycles. The van der Waals surface area contributed by atoms with Crippen LogP contribution in [0.15, 0.2) is 71.0 Å². The van der Waals surface area contributed by atoms with Gasteiger partial charge in [-0.1, -0.05) is 12.2 Å². The molecular weight excluding hydrogens is 466 g/mol. The average Bonchev–Trinajstić information content (AvgIpc) is 3.68. The highest BCUT2D eigenvalue weighted by atomic mass is 19.1. The Labute approximate surface area is 210 Å². The normalized spacial score (nSPS) is 17.6. The number of allylic oxidation sites excluding steroid dienone is 3. The SMILES string of the molecule is C/C=C1\C(CN)=CC(C2CC2)=CN1/C=C(\C)CN(N)/C=C(\N)C(=O)NCc1c(F)ccc(OC)c1F. The van der Waals surface area contributed by atoms with Crippen molar-refractivity contribution < 1.29 is 18.3 Å². The van der Waals surface area contributed by atoms with Gasteiger partial charge in [0.25, 0.3) is 5.91 Å². The van der Waals surface area contributed by atoms with Crippen LogP contribution in [0, 0.1) is 17.6 Å². The summed E-state index contributed by atoms with van der Waals surface area (Å²) in [7, 11) is 1.27. The Morgan fingerprint density at radius 2 is 2.06 bits per heavy atom. The number of nitrogens with two attached hydrogens (primary N) is 3. The molecule has 0 unspecified atom stereocenters. The van der Waals surface area contributed by atoms with Gasteiger partial charge in [0.15, 0.2) is 11.6 Å². The number of benzene rings is 1. The van der Waals surface area contributed by atoms with E-state index in [1.165, 1.54) is 42.8 Å². The monoisotopic (exact) mass is 500 g/mol. The lowest BCUT2D eigenvalue weighted by atomic mass is 10.0. The van der Waals surface area contributed by atoms with E-state index in [1.807, 2.05) is 26.1 Å². The van der Waals surface area contributed by atoms with Crippen LogP contribution in [0.5, 0.6) is 5.75 Å². The molecule has 0 saturated heterocycles. The number of amides is 1. The predicted octanol–water partition coefficient (Wildman–Crippen LogP) is 2.87. The number of hydrogen-bond donors (Lipinski definition) is 4. The summed E-state index contributed by atoms with van der Waals surface area (Å²) in [5.41, 5.74) is 15.6. The Kier molecular flexibility index (Phi) is 8.89. The van der Waals surface area contributed by atoms with Crippen molar-refractivity contribution in [3.05, 3.63) is 88.2 Å². The molecule has 1 saturated carbocycles. The van der Waals surface area contributed by atoms with Gasteiger partial charge >= 0.3 is 0 Å². The number of carbonyl (C=O) groups is 1. The molecule has 1 aromatic rings. The van der Waals surface area contributed by atoms with Gasteiger partial charge in [-0.2, -0.15) is 0 Å². The summed E-state index contributed by atoms with van der Waals surface area (Å²) >= 11 is 0. The van der Waals surface area contributed by atoms with E-state index >= 15 is 0 Å². The molecule has 3 rings (SSSR count). The van der Waals surface area contributed by atoms with E-state index in [1.54, 1.807) is 0 Å². The van der Waals surface area contributed by atoms with Crippen LogP contribution in [0.25, 0.3) is 0 Å². The summed E-state index contributed by atoms with van der Waals surface area (Å²) in [4.78, 5) is 14.4. The molecule has 0 bridgehead atoms. The fraction of sp³-hybridized carbons (Fsp3) is 0.346. The van der Waals surface area contributed by atoms with Gasteiger partial charge in [0.2, 0.25) is 0 Å². The van der Waals surface area contributed by atoms with Gasteiger partial charge in [0, 0.05) is 42.9 Å². The smallest absolute Gasteiger partial charge is 0.268 e. The lowest BCUT2D eigenvalue weighted by molar-refractivity contribution is -0.117. The summed E-state index contributed by atoms with van der Waals surface area (Å²) in [6.45, 7) is 4.20. The van der Waals surface area contributed by atoms with Crippen molar-refractivity contribution in [3.63, 3.8) is 0 Å². The van der Waals surface area contributed by atoms with E-state index in [0.29, 0.717) is 12.5 Å². The Hall–Kier alpha value is -3.63. The minimum absolute atomic E-state index is 0.123. The van der Waals surface area contributed by atoms with E-state index < -0.39 is 24.1 Å². The topological polar surface area (TPSA) is 123 Å². The second kappa shape index (κ2) is 11.9. The van der Waals surface area contributed by atoms with E-state index in [9.17, 15) is 13.6 Å². The fourth-order valence-electron chi connectivity index (χ4n) is 3.97. The zero-order chi connectivity index (χ0) is 26.4. The molecular formula is C26H34F2N6O2. The number of nitrogens with one attached hydrogen (secondary N) is 1. The zero-order valence-corrected chi connectivity index (χ0v) is 20.9. The first-order valence-corrected chi connectivity index (χ1v) is 11.7. The molecule has 7 N–H and O–H groups in total. The number of rotatable bonds is 10. The third kappa shape index (κ3) is 6.52. The lowest BCUT2D eigenvalue weighted by Gasteiger charge is -2.28. The number of methoxy groups -OCH3 is 1. The maximum absolute atomic E-state index is 14.3. The van der Waals surface area contributed by atoms with Gasteiger partial charge in [-0.3, -0.25) is 4.79 Å². The largest absolute Gasteiger partial charge is 0.494 e. The van der Waals surface area contributed by atoms with Crippen molar-refractivity contribution in [1.29, 1.82) is 0 Å². The molecule has 1 fully saturated rings. The van der Waals surface area contributed by atoms with Crippen molar-refractivity contribution in [3.8, 4) is 5.75 Å². The molecule has 0 atom stereocenters. The maximum Gasteiger partial charge on any atom is 0.268 e. The molecule has 36 heavy (non-hydrogen) atoms. The summed E-state index contributed by atoms with van der Waals surface area (Å²) < 4.78 is 33.1. The highest BCUT2D eigenvalue weighted by Gasteiger charge is 2.28. The van der Waals surface area contributed by atoms with Gasteiger partial charge in [-0.25, -0.2) is 14.6 Å². The highest BCUT2D eigenvalue weighted by Crippen LogP contribution is 2.40.